The van der Waals surface area contributed by atoms with E-state index < -0.39 is 0 Å². The minimum absolute atomic E-state index is 0.208. The lowest BCUT2D eigenvalue weighted by atomic mass is 10.1. The van der Waals surface area contributed by atoms with Crippen LogP contribution in [0.3, 0.4) is 0 Å². The zero-order chi connectivity index (χ0) is 20.2. The molecule has 1 aromatic heterocycles. The van der Waals surface area contributed by atoms with Crippen molar-refractivity contribution in [3.05, 3.63) is 64.3 Å². The van der Waals surface area contributed by atoms with Crippen molar-refractivity contribution in [1.82, 2.24) is 9.88 Å². The number of ether oxygens (including phenoxy) is 1. The van der Waals surface area contributed by atoms with Gasteiger partial charge in [-0.05, 0) is 67.5 Å². The molecule has 0 bridgehead atoms. The van der Waals surface area contributed by atoms with Gasteiger partial charge in [0.25, 0.3) is 0 Å². The highest BCUT2D eigenvalue weighted by atomic mass is 79.9. The summed E-state index contributed by atoms with van der Waals surface area (Å²) in [4.78, 5) is 11.9. The van der Waals surface area contributed by atoms with Gasteiger partial charge in [-0.25, -0.2) is 0 Å². The molecule has 1 amide bonds. The third-order valence-corrected chi connectivity index (χ3v) is 6.39. The van der Waals surface area contributed by atoms with Gasteiger partial charge in [-0.3, -0.25) is 4.79 Å². The molecule has 0 saturated heterocycles. The van der Waals surface area contributed by atoms with Gasteiger partial charge >= 0.3 is 0 Å². The summed E-state index contributed by atoms with van der Waals surface area (Å²) >= 11 is 3.64. The smallest absolute Gasteiger partial charge is 0.223 e. The van der Waals surface area contributed by atoms with E-state index in [1.807, 2.05) is 6.07 Å². The second-order valence-corrected chi connectivity index (χ2v) is 8.60. The summed E-state index contributed by atoms with van der Waals surface area (Å²) in [6.07, 6.45) is 7.26. The van der Waals surface area contributed by atoms with Crippen LogP contribution in [0.25, 0.3) is 10.9 Å². The van der Waals surface area contributed by atoms with Gasteiger partial charge in [-0.1, -0.05) is 34.1 Å². The molecule has 152 valence electrons. The molecule has 5 heteroatoms. The Bertz CT molecular complexity index is 1010. The summed E-state index contributed by atoms with van der Waals surface area (Å²) in [6, 6.07) is 14.7. The molecule has 0 atom stereocenters. The number of halogens is 1. The SMILES string of the molecule is COc1ccc2c(c1)c(CCNC(=O)C1CC1)cn2CCCc1ccccc1Br. The first kappa shape index (κ1) is 20.0. The van der Waals surface area contributed by atoms with Crippen molar-refractivity contribution >= 4 is 32.7 Å². The summed E-state index contributed by atoms with van der Waals surface area (Å²) in [6.45, 7) is 1.64. The van der Waals surface area contributed by atoms with Gasteiger partial charge in [0.2, 0.25) is 5.91 Å². The normalized spacial score (nSPS) is 13.6. The van der Waals surface area contributed by atoms with Crippen LogP contribution < -0.4 is 10.1 Å². The number of hydrogen-bond acceptors (Lipinski definition) is 2. The largest absolute Gasteiger partial charge is 0.497 e. The quantitative estimate of drug-likeness (QED) is 0.487. The molecule has 1 aliphatic carbocycles. The molecule has 3 aromatic rings. The summed E-state index contributed by atoms with van der Waals surface area (Å²) < 4.78 is 8.95. The van der Waals surface area contributed by atoms with Crippen molar-refractivity contribution in [1.29, 1.82) is 0 Å². The minimum atomic E-state index is 0.208. The number of carbonyl (C=O) groups is 1. The molecule has 29 heavy (non-hydrogen) atoms. The molecule has 0 spiro atoms. The van der Waals surface area contributed by atoms with Gasteiger partial charge in [0.1, 0.15) is 5.75 Å². The van der Waals surface area contributed by atoms with E-state index in [1.165, 1.54) is 26.5 Å². The second kappa shape index (κ2) is 9.04. The Balaban J connectivity index is 1.47. The Morgan fingerprint density at radius 3 is 2.76 bits per heavy atom. The lowest BCUT2D eigenvalue weighted by Gasteiger charge is -2.07. The second-order valence-electron chi connectivity index (χ2n) is 7.74. The number of hydrogen-bond donors (Lipinski definition) is 1. The number of nitrogens with one attached hydrogen (secondary N) is 1. The number of nitrogens with zero attached hydrogens (tertiary/aromatic N) is 1. The molecule has 4 rings (SSSR count). The number of aryl methyl sites for hydroxylation is 2. The average Bonchev–Trinajstić information content (AvgIpc) is 3.53. The van der Waals surface area contributed by atoms with E-state index in [0.717, 1.165) is 44.4 Å². The molecular weight excluding hydrogens is 428 g/mol. The fourth-order valence-electron chi connectivity index (χ4n) is 3.81. The summed E-state index contributed by atoms with van der Waals surface area (Å²) in [5.41, 5.74) is 3.82. The van der Waals surface area contributed by atoms with E-state index in [1.54, 1.807) is 7.11 Å². The third kappa shape index (κ3) is 4.84. The fourth-order valence-corrected chi connectivity index (χ4v) is 4.30. The lowest BCUT2D eigenvalue weighted by Crippen LogP contribution is -2.26. The van der Waals surface area contributed by atoms with Crippen molar-refractivity contribution in [3.63, 3.8) is 0 Å². The number of carbonyl (C=O) groups excluding carboxylic acids is 1. The maximum absolute atomic E-state index is 11.9. The fraction of sp³-hybridized carbons (Fsp3) is 0.375. The van der Waals surface area contributed by atoms with Gasteiger partial charge in [0.15, 0.2) is 0 Å². The maximum Gasteiger partial charge on any atom is 0.223 e. The van der Waals surface area contributed by atoms with Gasteiger partial charge in [-0.15, -0.1) is 0 Å². The Labute approximate surface area is 180 Å². The maximum atomic E-state index is 11.9. The number of aromatic nitrogens is 1. The minimum Gasteiger partial charge on any atom is -0.497 e. The van der Waals surface area contributed by atoms with E-state index in [-0.39, 0.29) is 11.8 Å². The molecule has 0 unspecified atom stereocenters. The van der Waals surface area contributed by atoms with E-state index in [2.05, 4.69) is 68.4 Å². The van der Waals surface area contributed by atoms with E-state index in [9.17, 15) is 4.79 Å². The zero-order valence-electron chi connectivity index (χ0n) is 16.8. The van der Waals surface area contributed by atoms with Crippen LogP contribution in [0.2, 0.25) is 0 Å². The van der Waals surface area contributed by atoms with E-state index in [0.29, 0.717) is 6.54 Å². The molecule has 1 aliphatic rings. The van der Waals surface area contributed by atoms with Crippen LogP contribution in [0.15, 0.2) is 53.1 Å². The highest BCUT2D eigenvalue weighted by Crippen LogP contribution is 2.29. The zero-order valence-corrected chi connectivity index (χ0v) is 18.4. The Morgan fingerprint density at radius 2 is 2.00 bits per heavy atom. The summed E-state index contributed by atoms with van der Waals surface area (Å²) in [5, 5.41) is 4.30. The van der Waals surface area contributed by atoms with Gasteiger partial charge in [0.05, 0.1) is 7.11 Å². The Morgan fingerprint density at radius 1 is 1.17 bits per heavy atom. The van der Waals surface area contributed by atoms with Crippen LogP contribution in [0.4, 0.5) is 0 Å². The number of benzene rings is 2. The van der Waals surface area contributed by atoms with Crippen molar-refractivity contribution in [2.24, 2.45) is 5.92 Å². The molecule has 0 aliphatic heterocycles. The Kier molecular flexibility index (Phi) is 6.24. The van der Waals surface area contributed by atoms with Crippen molar-refractivity contribution in [3.8, 4) is 5.75 Å². The number of rotatable bonds is 9. The molecular formula is C24H27BrN2O2. The molecule has 1 N–H and O–H groups in total. The first-order chi connectivity index (χ1) is 14.2. The molecule has 1 saturated carbocycles. The van der Waals surface area contributed by atoms with Gasteiger partial charge in [0, 0.05) is 40.6 Å². The average molecular weight is 455 g/mol. The molecule has 1 fully saturated rings. The highest BCUT2D eigenvalue weighted by Gasteiger charge is 2.29. The molecule has 2 aromatic carbocycles. The molecule has 0 radical (unpaired) electrons. The third-order valence-electron chi connectivity index (χ3n) is 5.62. The standard InChI is InChI=1S/C24H27BrN2O2/c1-29-20-10-11-23-21(15-20)19(12-13-26-24(28)18-8-9-18)16-27(23)14-4-6-17-5-2-3-7-22(17)25/h2-3,5,7,10-11,15-16,18H,4,6,8-9,12-14H2,1H3,(H,26,28). The van der Waals surface area contributed by atoms with Gasteiger partial charge < -0.3 is 14.6 Å². The topological polar surface area (TPSA) is 43.3 Å². The van der Waals surface area contributed by atoms with E-state index >= 15 is 0 Å². The summed E-state index contributed by atoms with van der Waals surface area (Å²) in [5.74, 6) is 1.33. The predicted molar refractivity (Wildman–Crippen MR) is 120 cm³/mol. The van der Waals surface area contributed by atoms with Crippen LogP contribution in [0.5, 0.6) is 5.75 Å². The first-order valence-electron chi connectivity index (χ1n) is 10.3. The first-order valence-corrected chi connectivity index (χ1v) is 11.1. The van der Waals surface area contributed by atoms with Gasteiger partial charge in [-0.2, -0.15) is 0 Å². The number of methoxy groups -OCH3 is 1. The van der Waals surface area contributed by atoms with Crippen molar-refractivity contribution in [2.45, 2.75) is 38.6 Å². The number of amides is 1. The lowest BCUT2D eigenvalue weighted by molar-refractivity contribution is -0.122. The number of fused-ring (bicyclic) bond motifs is 1. The monoisotopic (exact) mass is 454 g/mol. The van der Waals surface area contributed by atoms with Crippen LogP contribution in [-0.2, 0) is 24.2 Å². The van der Waals surface area contributed by atoms with Crippen LogP contribution >= 0.6 is 15.9 Å². The van der Waals surface area contributed by atoms with Crippen molar-refractivity contribution in [2.75, 3.05) is 13.7 Å². The predicted octanol–water partition coefficient (Wildman–Crippen LogP) is 5.11. The Hall–Kier alpha value is -2.27. The van der Waals surface area contributed by atoms with Crippen LogP contribution in [-0.4, -0.2) is 24.1 Å². The summed E-state index contributed by atoms with van der Waals surface area (Å²) in [7, 11) is 1.70. The van der Waals surface area contributed by atoms with E-state index in [4.69, 9.17) is 4.74 Å². The molecule has 4 nitrogen and oxygen atoms in total. The molecule has 1 heterocycles. The van der Waals surface area contributed by atoms with Crippen LogP contribution in [0, 0.1) is 5.92 Å². The highest BCUT2D eigenvalue weighted by molar-refractivity contribution is 9.10. The van der Waals surface area contributed by atoms with Crippen molar-refractivity contribution < 1.29 is 9.53 Å². The van der Waals surface area contributed by atoms with Crippen LogP contribution in [0.1, 0.15) is 30.4 Å².